The predicted octanol–water partition coefficient (Wildman–Crippen LogP) is 4.36. The average molecular weight is 383 g/mol. The van der Waals surface area contributed by atoms with E-state index in [1.165, 1.54) is 5.56 Å². The Morgan fingerprint density at radius 2 is 1.50 bits per heavy atom. The Balaban J connectivity index is 1.92. The van der Waals surface area contributed by atoms with Crippen molar-refractivity contribution in [2.75, 3.05) is 7.05 Å². The van der Waals surface area contributed by atoms with Gasteiger partial charge in [0.15, 0.2) is 0 Å². The number of hydrogen-bond acceptors (Lipinski definition) is 2. The topological polar surface area (TPSA) is 30.2 Å². The summed E-state index contributed by atoms with van der Waals surface area (Å²) in [5, 5.41) is 0. The van der Waals surface area contributed by atoms with E-state index in [2.05, 4.69) is 63.1 Å². The molecule has 0 aliphatic carbocycles. The molecule has 1 aromatic heterocycles. The zero-order chi connectivity index (χ0) is 20.3. The van der Waals surface area contributed by atoms with Crippen LogP contribution in [0.1, 0.15) is 43.5 Å². The minimum Gasteiger partial charge on any atom is -0.298 e. The van der Waals surface area contributed by atoms with Crippen LogP contribution in [-0.4, -0.2) is 27.4 Å². The molecule has 0 spiro atoms. The molecule has 3 rings (SSSR count). The van der Waals surface area contributed by atoms with Gasteiger partial charge in [0.1, 0.15) is 0 Å². The Bertz CT molecular complexity index is 955. The Morgan fingerprint density at radius 1 is 0.929 bits per heavy atom. The highest BCUT2D eigenvalue weighted by Gasteiger charge is 2.23. The first-order valence-electron chi connectivity index (χ1n) is 10.0. The molecule has 3 aromatic rings. The molecule has 0 radical (unpaired) electrons. The van der Waals surface area contributed by atoms with E-state index in [0.717, 1.165) is 29.9 Å². The Morgan fingerprint density at radius 3 is 2.07 bits per heavy atom. The highest BCUT2D eigenvalue weighted by atomic mass is 16.1. The van der Waals surface area contributed by atoms with Gasteiger partial charge in [-0.15, -0.1) is 0 Å². The third-order valence-corrected chi connectivity index (χ3v) is 5.53. The van der Waals surface area contributed by atoms with Gasteiger partial charge in [-0.25, -0.2) is 4.68 Å². The average Bonchev–Trinajstić information content (AvgIpc) is 2.93. The maximum Gasteiger partial charge on any atom is 0.275 e. The van der Waals surface area contributed by atoms with Crippen LogP contribution in [0.15, 0.2) is 65.5 Å². The second-order valence-corrected chi connectivity index (χ2v) is 7.95. The highest BCUT2D eigenvalue weighted by Crippen LogP contribution is 2.21. The van der Waals surface area contributed by atoms with E-state index in [9.17, 15) is 4.79 Å². The molecule has 0 bridgehead atoms. The molecule has 2 aromatic carbocycles. The number of hydrogen-bond donors (Lipinski definition) is 0. The molecule has 0 saturated carbocycles. The number of nitrogens with zero attached hydrogens (tertiary/aromatic N) is 3. The molecule has 4 nitrogen and oxygen atoms in total. The van der Waals surface area contributed by atoms with Gasteiger partial charge in [0, 0.05) is 25.2 Å². The molecule has 0 saturated heterocycles. The molecule has 0 aliphatic rings. The lowest BCUT2D eigenvalue weighted by Crippen LogP contribution is -2.31. The first kappa shape index (κ1) is 20.2. The molecular formula is C24H31N3O. The van der Waals surface area contributed by atoms with Crippen LogP contribution in [0.25, 0.3) is 5.69 Å². The quantitative estimate of drug-likeness (QED) is 0.607. The van der Waals surface area contributed by atoms with Crippen LogP contribution in [0.5, 0.6) is 0 Å². The van der Waals surface area contributed by atoms with Crippen molar-refractivity contribution >= 4 is 0 Å². The van der Waals surface area contributed by atoms with E-state index in [1.807, 2.05) is 42.1 Å². The third kappa shape index (κ3) is 4.12. The maximum atomic E-state index is 13.2. The lowest BCUT2D eigenvalue weighted by Gasteiger charge is -2.26. The van der Waals surface area contributed by atoms with E-state index in [-0.39, 0.29) is 11.5 Å². The van der Waals surface area contributed by atoms with E-state index in [1.54, 1.807) is 4.68 Å². The Hall–Kier alpha value is -2.59. The van der Waals surface area contributed by atoms with Crippen molar-refractivity contribution in [1.29, 1.82) is 0 Å². The summed E-state index contributed by atoms with van der Waals surface area (Å²) >= 11 is 0. The zero-order valence-electron chi connectivity index (χ0n) is 17.6. The van der Waals surface area contributed by atoms with E-state index >= 15 is 0 Å². The fourth-order valence-electron chi connectivity index (χ4n) is 3.80. The molecule has 0 fully saturated rings. The molecule has 1 heterocycles. The second kappa shape index (κ2) is 8.61. The number of likely N-dealkylation sites (N-methyl/N-ethyl adjacent to an activating group) is 1. The molecule has 4 heteroatoms. The van der Waals surface area contributed by atoms with Crippen LogP contribution in [0, 0.1) is 0 Å². The third-order valence-electron chi connectivity index (χ3n) is 5.53. The monoisotopic (exact) mass is 383 g/mol. The van der Waals surface area contributed by atoms with Gasteiger partial charge in [-0.05, 0) is 44.0 Å². The van der Waals surface area contributed by atoms with Crippen LogP contribution < -0.4 is 5.56 Å². The molecule has 0 N–H and O–H groups in total. The van der Waals surface area contributed by atoms with Crippen LogP contribution >= 0.6 is 0 Å². The molecule has 1 atom stereocenters. The summed E-state index contributed by atoms with van der Waals surface area (Å²) in [6.07, 6.45) is 0.988. The van der Waals surface area contributed by atoms with Gasteiger partial charge in [0.2, 0.25) is 0 Å². The van der Waals surface area contributed by atoms with E-state index in [4.69, 9.17) is 0 Å². The van der Waals surface area contributed by atoms with Gasteiger partial charge < -0.3 is 0 Å². The summed E-state index contributed by atoms with van der Waals surface area (Å²) in [4.78, 5) is 15.6. The fraction of sp³-hybridized carbons (Fsp3) is 0.375. The van der Waals surface area contributed by atoms with Crippen molar-refractivity contribution in [1.82, 2.24) is 14.3 Å². The zero-order valence-corrected chi connectivity index (χ0v) is 17.6. The summed E-state index contributed by atoms with van der Waals surface area (Å²) < 4.78 is 3.82. The Kier molecular flexibility index (Phi) is 6.20. The SMILES string of the molecule is CC(C)c1c(CN(C)C(C)C[13c]2[13cH][13cH][13cH][13cH][13cH]2)n(C)n(-c2ccccc2)c1=O. The van der Waals surface area contributed by atoms with Crippen molar-refractivity contribution in [3.05, 3.63) is 87.8 Å². The predicted molar refractivity (Wildman–Crippen MR) is 116 cm³/mol. The molecule has 0 aliphatic heterocycles. The molecule has 0 amide bonds. The number of rotatable bonds is 7. The van der Waals surface area contributed by atoms with Gasteiger partial charge in [-0.2, -0.15) is 0 Å². The van der Waals surface area contributed by atoms with Crippen molar-refractivity contribution in [3.63, 3.8) is 0 Å². The lowest BCUT2D eigenvalue weighted by atomic mass is 10.0. The summed E-state index contributed by atoms with van der Waals surface area (Å²) in [5.74, 6) is 0.177. The van der Waals surface area contributed by atoms with Gasteiger partial charge in [0.25, 0.3) is 5.56 Å². The first-order valence-corrected chi connectivity index (χ1v) is 10.0. The van der Waals surface area contributed by atoms with Gasteiger partial charge in [-0.1, -0.05) is 62.4 Å². The number of aromatic nitrogens is 2. The number of benzene rings is 2. The standard InChI is InChI=1S/C24H31N3O/c1-18(2)23-22(17-25(4)19(3)16-20-12-8-6-9-13-20)26(5)27(24(23)28)21-14-10-7-11-15-21/h6-15,18-19H,16-17H2,1-5H3/i6+1,8+1,9+1,12+1,13+1,20+1. The van der Waals surface area contributed by atoms with Crippen molar-refractivity contribution in [2.45, 2.75) is 45.7 Å². The summed E-state index contributed by atoms with van der Waals surface area (Å²) in [6, 6.07) is 20.8. The lowest BCUT2D eigenvalue weighted by molar-refractivity contribution is 0.240. The molecule has 148 valence electrons. The molecule has 1 unspecified atom stereocenters. The van der Waals surface area contributed by atoms with Crippen LogP contribution in [0.4, 0.5) is 0 Å². The van der Waals surface area contributed by atoms with Crippen molar-refractivity contribution in [2.24, 2.45) is 7.05 Å². The summed E-state index contributed by atoms with van der Waals surface area (Å²) in [5.41, 5.74) is 4.32. The van der Waals surface area contributed by atoms with Gasteiger partial charge >= 0.3 is 0 Å². The summed E-state index contributed by atoms with van der Waals surface area (Å²) in [7, 11) is 4.13. The molecule has 28 heavy (non-hydrogen) atoms. The van der Waals surface area contributed by atoms with E-state index < -0.39 is 0 Å². The number of para-hydroxylation sites is 1. The second-order valence-electron chi connectivity index (χ2n) is 7.95. The van der Waals surface area contributed by atoms with Gasteiger partial charge in [-0.3, -0.25) is 14.4 Å². The molecular weight excluding hydrogens is 352 g/mol. The minimum atomic E-state index is 0.0859. The smallest absolute Gasteiger partial charge is 0.275 e. The normalized spacial score (nSPS) is 12.7. The summed E-state index contributed by atoms with van der Waals surface area (Å²) in [6.45, 7) is 7.19. The van der Waals surface area contributed by atoms with Crippen molar-refractivity contribution < 1.29 is 0 Å². The van der Waals surface area contributed by atoms with Gasteiger partial charge in [0.05, 0.1) is 11.4 Å². The van der Waals surface area contributed by atoms with Crippen LogP contribution in [0.2, 0.25) is 0 Å². The van der Waals surface area contributed by atoms with Crippen LogP contribution in [0.3, 0.4) is 0 Å². The Labute approximate surface area is 168 Å². The first-order chi connectivity index (χ1) is 13.4. The van der Waals surface area contributed by atoms with Crippen molar-refractivity contribution in [3.8, 4) is 5.69 Å². The highest BCUT2D eigenvalue weighted by molar-refractivity contribution is 5.34. The maximum absolute atomic E-state index is 13.2. The van der Waals surface area contributed by atoms with E-state index in [0.29, 0.717) is 6.04 Å². The fourth-order valence-corrected chi connectivity index (χ4v) is 3.80. The van der Waals surface area contributed by atoms with Crippen LogP contribution in [-0.2, 0) is 20.0 Å². The minimum absolute atomic E-state index is 0.0859. The largest absolute Gasteiger partial charge is 0.298 e.